The third-order valence-corrected chi connectivity index (χ3v) is 4.52. The van der Waals surface area contributed by atoms with Gasteiger partial charge >= 0.3 is 6.30 Å². The molecule has 1 amide bonds. The van der Waals surface area contributed by atoms with Crippen molar-refractivity contribution in [2.24, 2.45) is 7.05 Å². The molecule has 3 rings (SSSR count). The van der Waals surface area contributed by atoms with Crippen LogP contribution in [0.5, 0.6) is 0 Å². The highest BCUT2D eigenvalue weighted by atomic mass is 35.5. The quantitative estimate of drug-likeness (QED) is 0.783. The maximum Gasteiger partial charge on any atom is 0.504 e. The summed E-state index contributed by atoms with van der Waals surface area (Å²) in [6.07, 6.45) is -3.99. The van der Waals surface area contributed by atoms with E-state index in [1.807, 2.05) is 0 Å². The number of fused-ring (bicyclic) bond motifs is 1. The molecule has 24 heavy (non-hydrogen) atoms. The second kappa shape index (κ2) is 5.37. The van der Waals surface area contributed by atoms with Crippen molar-refractivity contribution in [3.05, 3.63) is 50.2 Å². The van der Waals surface area contributed by atoms with E-state index in [9.17, 15) is 22.8 Å². The normalized spacial score (nSPS) is 14.2. The van der Waals surface area contributed by atoms with Crippen LogP contribution in [0, 0.1) is 6.92 Å². The van der Waals surface area contributed by atoms with E-state index >= 15 is 0 Å². The topological polar surface area (TPSA) is 60.1 Å². The molecule has 3 heterocycles. The molecule has 0 saturated carbocycles. The summed E-state index contributed by atoms with van der Waals surface area (Å²) in [5.74, 6) is -0.642. The molecule has 0 saturated heterocycles. The summed E-state index contributed by atoms with van der Waals surface area (Å²) >= 11 is 5.99. The molecular weight excluding hydrogens is 349 g/mol. The van der Waals surface area contributed by atoms with Crippen LogP contribution in [0.3, 0.4) is 0 Å². The molecule has 2 aromatic heterocycles. The average molecular weight is 361 g/mol. The van der Waals surface area contributed by atoms with Gasteiger partial charge in [-0.25, -0.2) is 0 Å². The van der Waals surface area contributed by atoms with Crippen molar-refractivity contribution in [3.8, 4) is 0 Å². The van der Waals surface area contributed by atoms with Gasteiger partial charge in [-0.15, -0.1) is 13.2 Å². The first-order valence-corrected chi connectivity index (χ1v) is 7.28. The van der Waals surface area contributed by atoms with Gasteiger partial charge < -0.3 is 9.47 Å². The first-order chi connectivity index (χ1) is 11.1. The Morgan fingerprint density at radius 1 is 1.33 bits per heavy atom. The van der Waals surface area contributed by atoms with Gasteiger partial charge in [-0.2, -0.15) is 9.78 Å². The van der Waals surface area contributed by atoms with Crippen LogP contribution in [0.25, 0.3) is 0 Å². The van der Waals surface area contributed by atoms with Gasteiger partial charge in [0.05, 0.1) is 6.54 Å². The fourth-order valence-electron chi connectivity index (χ4n) is 2.71. The highest BCUT2D eigenvalue weighted by molar-refractivity contribution is 6.31. The zero-order chi connectivity index (χ0) is 17.8. The minimum Gasteiger partial charge on any atom is -0.327 e. The molecule has 0 atom stereocenters. The maximum atomic E-state index is 12.6. The van der Waals surface area contributed by atoms with Crippen molar-refractivity contribution >= 4 is 17.5 Å². The minimum atomic E-state index is -4.68. The molecule has 1 aliphatic heterocycles. The fourth-order valence-corrected chi connectivity index (χ4v) is 2.95. The van der Waals surface area contributed by atoms with E-state index in [0.29, 0.717) is 17.5 Å². The van der Waals surface area contributed by atoms with Crippen molar-refractivity contribution < 1.29 is 18.0 Å². The first-order valence-electron chi connectivity index (χ1n) is 6.90. The summed E-state index contributed by atoms with van der Waals surface area (Å²) in [7, 11) is 1.54. The Morgan fingerprint density at radius 3 is 2.58 bits per heavy atom. The van der Waals surface area contributed by atoms with Crippen LogP contribution in [0.1, 0.15) is 27.3 Å². The first kappa shape index (κ1) is 16.6. The molecule has 0 unspecified atom stereocenters. The summed E-state index contributed by atoms with van der Waals surface area (Å²) in [6.45, 7) is 1.94. The number of alkyl halides is 3. The van der Waals surface area contributed by atoms with Crippen LogP contribution in [0.4, 0.5) is 13.2 Å². The summed E-state index contributed by atoms with van der Waals surface area (Å²) in [4.78, 5) is 25.7. The van der Waals surface area contributed by atoms with E-state index in [-0.39, 0.29) is 34.0 Å². The van der Waals surface area contributed by atoms with Gasteiger partial charge in [0.15, 0.2) is 5.69 Å². The largest absolute Gasteiger partial charge is 0.504 e. The Morgan fingerprint density at radius 2 is 2.00 bits per heavy atom. The molecular formula is C14H12ClF3N4O2. The molecule has 0 aromatic carbocycles. The summed E-state index contributed by atoms with van der Waals surface area (Å²) in [5, 5.41) is 3.35. The number of hydrogen-bond donors (Lipinski definition) is 0. The lowest BCUT2D eigenvalue weighted by atomic mass is 10.1. The molecule has 0 spiro atoms. The Kier molecular flexibility index (Phi) is 3.71. The predicted octanol–water partition coefficient (Wildman–Crippen LogP) is 2.18. The monoisotopic (exact) mass is 360 g/mol. The molecule has 1 aliphatic rings. The van der Waals surface area contributed by atoms with Crippen LogP contribution in [0.15, 0.2) is 17.1 Å². The molecule has 128 valence electrons. The van der Waals surface area contributed by atoms with Gasteiger partial charge in [0.1, 0.15) is 5.02 Å². The van der Waals surface area contributed by atoms with Gasteiger partial charge in [0, 0.05) is 25.5 Å². The fraction of sp³-hybridized carbons (Fsp3) is 0.357. The minimum absolute atomic E-state index is 0.0758. The number of nitrogens with zero attached hydrogens (tertiary/aromatic N) is 4. The third-order valence-electron chi connectivity index (χ3n) is 4.07. The van der Waals surface area contributed by atoms with Gasteiger partial charge in [-0.3, -0.25) is 9.59 Å². The average Bonchev–Trinajstić information content (AvgIpc) is 3.16. The molecule has 10 heteroatoms. The summed E-state index contributed by atoms with van der Waals surface area (Å²) < 4.78 is 38.9. The third kappa shape index (κ3) is 2.48. The van der Waals surface area contributed by atoms with Gasteiger partial charge in [0.2, 0.25) is 0 Å². The van der Waals surface area contributed by atoms with Crippen molar-refractivity contribution in [1.29, 1.82) is 0 Å². The van der Waals surface area contributed by atoms with E-state index in [0.717, 1.165) is 11.6 Å². The van der Waals surface area contributed by atoms with Crippen LogP contribution in [0.2, 0.25) is 5.02 Å². The molecule has 0 fully saturated rings. The van der Waals surface area contributed by atoms with Crippen molar-refractivity contribution in [3.63, 3.8) is 0 Å². The van der Waals surface area contributed by atoms with E-state index in [1.54, 1.807) is 14.0 Å². The number of halogens is 4. The van der Waals surface area contributed by atoms with Crippen LogP contribution < -0.4 is 5.56 Å². The number of carbonyl (C=O) groups is 1. The number of pyridine rings is 1. The highest BCUT2D eigenvalue weighted by Crippen LogP contribution is 2.29. The predicted molar refractivity (Wildman–Crippen MR) is 78.5 cm³/mol. The molecule has 0 bridgehead atoms. The van der Waals surface area contributed by atoms with Crippen molar-refractivity contribution in [2.75, 3.05) is 0 Å². The summed E-state index contributed by atoms with van der Waals surface area (Å²) in [6, 6.07) is 1.01. The van der Waals surface area contributed by atoms with Gasteiger partial charge in [0.25, 0.3) is 11.5 Å². The van der Waals surface area contributed by atoms with Gasteiger partial charge in [-0.1, -0.05) is 11.6 Å². The lowest BCUT2D eigenvalue weighted by Crippen LogP contribution is -2.27. The van der Waals surface area contributed by atoms with E-state index < -0.39 is 12.2 Å². The van der Waals surface area contributed by atoms with E-state index in [4.69, 9.17) is 11.6 Å². The van der Waals surface area contributed by atoms with Crippen LogP contribution in [-0.2, 0) is 26.4 Å². The van der Waals surface area contributed by atoms with E-state index in [1.165, 1.54) is 9.47 Å². The lowest BCUT2D eigenvalue weighted by Gasteiger charge is -2.13. The van der Waals surface area contributed by atoms with Crippen molar-refractivity contribution in [2.45, 2.75) is 26.3 Å². The maximum absolute atomic E-state index is 12.6. The number of aromatic nitrogens is 3. The number of carbonyl (C=O) groups excluding carboxylic acids is 1. The second-order valence-corrected chi connectivity index (χ2v) is 5.88. The van der Waals surface area contributed by atoms with Crippen LogP contribution >= 0.6 is 11.6 Å². The number of rotatable bonds is 1. The Labute approximate surface area is 139 Å². The van der Waals surface area contributed by atoms with Crippen molar-refractivity contribution in [1.82, 2.24) is 19.2 Å². The highest BCUT2D eigenvalue weighted by Gasteiger charge is 2.34. The lowest BCUT2D eigenvalue weighted by molar-refractivity contribution is -0.212. The zero-order valence-electron chi connectivity index (χ0n) is 12.7. The molecule has 0 radical (unpaired) electrons. The standard InChI is InChI=1S/C14H12ClF3N4O2/c1-7-8-5-21(6-10(8)20(2)13(24)11(7)15)12(23)9-3-4-22(19-9)14(16,17)18/h3-4H,5-6H2,1-2H3. The zero-order valence-corrected chi connectivity index (χ0v) is 13.4. The Balaban J connectivity index is 1.92. The number of amides is 1. The second-order valence-electron chi connectivity index (χ2n) is 5.50. The van der Waals surface area contributed by atoms with Gasteiger partial charge in [-0.05, 0) is 24.1 Å². The van der Waals surface area contributed by atoms with E-state index in [2.05, 4.69) is 5.10 Å². The number of hydrogen-bond acceptors (Lipinski definition) is 3. The summed E-state index contributed by atoms with van der Waals surface area (Å²) in [5.41, 5.74) is 1.24. The molecule has 2 aromatic rings. The molecule has 0 N–H and O–H groups in total. The SMILES string of the molecule is Cc1c2c(n(C)c(=O)c1Cl)CN(C(=O)c1ccn(C(F)(F)F)n1)C2. The smallest absolute Gasteiger partial charge is 0.327 e. The Bertz CT molecular complexity index is 901. The molecule has 0 aliphatic carbocycles. The van der Waals surface area contributed by atoms with Crippen LogP contribution in [-0.4, -0.2) is 25.2 Å². The Hall–Kier alpha value is -2.29. The molecule has 6 nitrogen and oxygen atoms in total.